The third kappa shape index (κ3) is 3.63. The number of hydrogen-bond donors (Lipinski definition) is 1. The molecule has 84 valence electrons. The summed E-state index contributed by atoms with van der Waals surface area (Å²) in [5, 5.41) is 11.5. The Kier molecular flexibility index (Phi) is 4.02. The molecule has 1 amide bonds. The van der Waals surface area contributed by atoms with Gasteiger partial charge in [0, 0.05) is 6.54 Å². The largest absolute Gasteiger partial charge is 0.349 e. The highest BCUT2D eigenvalue weighted by molar-refractivity contribution is 9.10. The molecule has 0 bridgehead atoms. The minimum Gasteiger partial charge on any atom is -0.349 e. The van der Waals surface area contributed by atoms with Crippen LogP contribution in [0.5, 0.6) is 0 Å². The lowest BCUT2D eigenvalue weighted by Gasteiger charge is -2.15. The molecule has 0 aliphatic rings. The van der Waals surface area contributed by atoms with Gasteiger partial charge in [-0.3, -0.25) is 4.79 Å². The average molecular weight is 282 g/mol. The first kappa shape index (κ1) is 12.7. The van der Waals surface area contributed by atoms with Crippen LogP contribution < -0.4 is 5.32 Å². The van der Waals surface area contributed by atoms with Gasteiger partial charge in [0.2, 0.25) is 0 Å². The van der Waals surface area contributed by atoms with Crippen molar-refractivity contribution in [2.45, 2.75) is 13.8 Å². The van der Waals surface area contributed by atoms with E-state index >= 15 is 0 Å². The van der Waals surface area contributed by atoms with Crippen LogP contribution in [0.15, 0.2) is 22.8 Å². The Hall–Kier alpha value is -1.41. The van der Waals surface area contributed by atoms with Crippen molar-refractivity contribution >= 4 is 21.8 Å². The molecule has 1 aromatic rings. The third-order valence-electron chi connectivity index (χ3n) is 1.94. The summed E-state index contributed by atoms with van der Waals surface area (Å²) in [7, 11) is 0. The fourth-order valence-electron chi connectivity index (χ4n) is 0.966. The lowest BCUT2D eigenvalue weighted by Crippen LogP contribution is -2.33. The third-order valence-corrected chi connectivity index (χ3v) is 2.38. The van der Waals surface area contributed by atoms with E-state index in [-0.39, 0.29) is 5.91 Å². The number of nitrogens with zero attached hydrogens (tertiary/aromatic N) is 2. The summed E-state index contributed by atoms with van der Waals surface area (Å²) in [5.41, 5.74) is -0.232. The number of rotatable bonds is 3. The number of aromatic nitrogens is 1. The van der Waals surface area contributed by atoms with Gasteiger partial charge in [-0.25, -0.2) is 4.98 Å². The van der Waals surface area contributed by atoms with Gasteiger partial charge in [-0.2, -0.15) is 5.26 Å². The molecule has 0 fully saturated rings. The van der Waals surface area contributed by atoms with Crippen LogP contribution in [-0.4, -0.2) is 17.4 Å². The first-order valence-corrected chi connectivity index (χ1v) is 5.56. The first-order chi connectivity index (χ1) is 7.44. The molecule has 5 heteroatoms. The molecular formula is C11H12BrN3O. The van der Waals surface area contributed by atoms with E-state index in [4.69, 9.17) is 5.26 Å². The van der Waals surface area contributed by atoms with Gasteiger partial charge < -0.3 is 5.32 Å². The highest BCUT2D eigenvalue weighted by Gasteiger charge is 2.18. The maximum atomic E-state index is 11.7. The topological polar surface area (TPSA) is 65.8 Å². The van der Waals surface area contributed by atoms with E-state index in [0.29, 0.717) is 16.8 Å². The quantitative estimate of drug-likeness (QED) is 0.863. The van der Waals surface area contributed by atoms with Gasteiger partial charge in [0.1, 0.15) is 10.3 Å². The zero-order valence-electron chi connectivity index (χ0n) is 9.12. The fraction of sp³-hybridized carbons (Fsp3) is 0.364. The molecule has 0 aliphatic heterocycles. The second-order valence-corrected chi connectivity index (χ2v) is 4.84. The monoisotopic (exact) mass is 281 g/mol. The van der Waals surface area contributed by atoms with Gasteiger partial charge in [0.05, 0.1) is 11.5 Å². The number of halogens is 1. The lowest BCUT2D eigenvalue weighted by atomic mass is 9.96. The van der Waals surface area contributed by atoms with E-state index in [1.165, 1.54) is 0 Å². The molecule has 1 rings (SSSR count). The minimum atomic E-state index is -0.568. The molecule has 0 spiro atoms. The maximum absolute atomic E-state index is 11.7. The number of nitriles is 1. The fourth-order valence-corrected chi connectivity index (χ4v) is 1.31. The second kappa shape index (κ2) is 5.08. The van der Waals surface area contributed by atoms with Crippen molar-refractivity contribution in [3.05, 3.63) is 28.5 Å². The smallest absolute Gasteiger partial charge is 0.269 e. The van der Waals surface area contributed by atoms with Gasteiger partial charge in [-0.05, 0) is 41.9 Å². The molecule has 0 saturated carbocycles. The SMILES string of the molecule is CC(C)(C#N)CNC(=O)c1cccc(Br)n1. The van der Waals surface area contributed by atoms with Crippen LogP contribution in [0.25, 0.3) is 0 Å². The number of carbonyl (C=O) groups is 1. The van der Waals surface area contributed by atoms with Gasteiger partial charge in [-0.1, -0.05) is 6.07 Å². The van der Waals surface area contributed by atoms with Gasteiger partial charge in [-0.15, -0.1) is 0 Å². The van der Waals surface area contributed by atoms with E-state index in [2.05, 4.69) is 32.3 Å². The molecule has 16 heavy (non-hydrogen) atoms. The summed E-state index contributed by atoms with van der Waals surface area (Å²) in [6.45, 7) is 3.83. The summed E-state index contributed by atoms with van der Waals surface area (Å²) in [6, 6.07) is 7.22. The molecule has 0 atom stereocenters. The Bertz CT molecular complexity index is 437. The summed E-state index contributed by atoms with van der Waals surface area (Å²) in [5.74, 6) is -0.273. The predicted octanol–water partition coefficient (Wildman–Crippen LogP) is 2.12. The predicted molar refractivity (Wildman–Crippen MR) is 63.7 cm³/mol. The molecule has 0 aromatic carbocycles. The number of pyridine rings is 1. The molecule has 0 aliphatic carbocycles. The Morgan fingerprint density at radius 2 is 2.31 bits per heavy atom. The van der Waals surface area contributed by atoms with Gasteiger partial charge >= 0.3 is 0 Å². The molecule has 0 unspecified atom stereocenters. The summed E-state index contributed by atoms with van der Waals surface area (Å²) < 4.78 is 0.611. The summed E-state index contributed by atoms with van der Waals surface area (Å²) >= 11 is 3.19. The highest BCUT2D eigenvalue weighted by atomic mass is 79.9. The van der Waals surface area contributed by atoms with Crippen LogP contribution in [0.3, 0.4) is 0 Å². The van der Waals surface area contributed by atoms with Crippen molar-refractivity contribution in [1.82, 2.24) is 10.3 Å². The zero-order chi connectivity index (χ0) is 12.2. The number of nitrogens with one attached hydrogen (secondary N) is 1. The molecular weight excluding hydrogens is 270 g/mol. The van der Waals surface area contributed by atoms with Crippen LogP contribution >= 0.6 is 15.9 Å². The van der Waals surface area contributed by atoms with E-state index in [1.807, 2.05) is 0 Å². The molecule has 4 nitrogen and oxygen atoms in total. The van der Waals surface area contributed by atoms with E-state index in [1.54, 1.807) is 32.0 Å². The van der Waals surface area contributed by atoms with Crippen LogP contribution in [0, 0.1) is 16.7 Å². The van der Waals surface area contributed by atoms with Crippen LogP contribution in [0.1, 0.15) is 24.3 Å². The Morgan fingerprint density at radius 1 is 1.62 bits per heavy atom. The van der Waals surface area contributed by atoms with Crippen molar-refractivity contribution in [3.63, 3.8) is 0 Å². The number of amides is 1. The second-order valence-electron chi connectivity index (χ2n) is 4.02. The van der Waals surface area contributed by atoms with Crippen LogP contribution in [0.2, 0.25) is 0 Å². The Labute approximate surface area is 103 Å². The molecule has 0 radical (unpaired) electrons. The standard InChI is InChI=1S/C11H12BrN3O/c1-11(2,6-13)7-14-10(16)8-4-3-5-9(12)15-8/h3-5H,7H2,1-2H3,(H,14,16). The molecule has 1 heterocycles. The zero-order valence-corrected chi connectivity index (χ0v) is 10.7. The van der Waals surface area contributed by atoms with E-state index in [0.717, 1.165) is 0 Å². The van der Waals surface area contributed by atoms with E-state index < -0.39 is 5.41 Å². The molecule has 0 saturated heterocycles. The van der Waals surface area contributed by atoms with Gasteiger partial charge in [0.25, 0.3) is 5.91 Å². The Balaban J connectivity index is 2.64. The Morgan fingerprint density at radius 3 is 2.88 bits per heavy atom. The van der Waals surface area contributed by atoms with Crippen molar-refractivity contribution in [2.24, 2.45) is 5.41 Å². The summed E-state index contributed by atoms with van der Waals surface area (Å²) in [4.78, 5) is 15.7. The van der Waals surface area contributed by atoms with Crippen molar-refractivity contribution < 1.29 is 4.79 Å². The summed E-state index contributed by atoms with van der Waals surface area (Å²) in [6.07, 6.45) is 0. The van der Waals surface area contributed by atoms with Crippen LogP contribution in [-0.2, 0) is 0 Å². The lowest BCUT2D eigenvalue weighted by molar-refractivity contribution is 0.0938. The minimum absolute atomic E-state index is 0.273. The van der Waals surface area contributed by atoms with Crippen LogP contribution in [0.4, 0.5) is 0 Å². The average Bonchev–Trinajstić information content (AvgIpc) is 2.26. The molecule has 1 aromatic heterocycles. The normalized spacial score (nSPS) is 10.6. The highest BCUT2D eigenvalue weighted by Crippen LogP contribution is 2.11. The van der Waals surface area contributed by atoms with Crippen molar-refractivity contribution in [1.29, 1.82) is 5.26 Å². The van der Waals surface area contributed by atoms with E-state index in [9.17, 15) is 4.79 Å². The first-order valence-electron chi connectivity index (χ1n) is 4.77. The molecule has 1 N–H and O–H groups in total. The van der Waals surface area contributed by atoms with Crippen molar-refractivity contribution in [3.8, 4) is 6.07 Å². The maximum Gasteiger partial charge on any atom is 0.269 e. The van der Waals surface area contributed by atoms with Crippen molar-refractivity contribution in [2.75, 3.05) is 6.54 Å². The van der Waals surface area contributed by atoms with Gasteiger partial charge in [0.15, 0.2) is 0 Å². The number of carbonyl (C=O) groups excluding carboxylic acids is 1. The number of hydrogen-bond acceptors (Lipinski definition) is 3.